The fourth-order valence-electron chi connectivity index (χ4n) is 4.49. The average Bonchev–Trinajstić information content (AvgIpc) is 2.61. The SMILES string of the molecule is C[C@H]1C2=C(C(=O)c3c(O)cccc31)C(O)(O)C1=C(CC(=O)C(C(N)=O)=C1O)C2O. The molecule has 0 bridgehead atoms. The minimum atomic E-state index is -3.12. The lowest BCUT2D eigenvalue weighted by Crippen LogP contribution is -2.49. The van der Waals surface area contributed by atoms with Gasteiger partial charge in [-0.2, -0.15) is 0 Å². The molecule has 0 radical (unpaired) electrons. The lowest BCUT2D eigenvalue weighted by molar-refractivity contribution is -0.122. The Morgan fingerprint density at radius 1 is 1.17 bits per heavy atom. The van der Waals surface area contributed by atoms with Crippen LogP contribution in [0.3, 0.4) is 0 Å². The van der Waals surface area contributed by atoms with Gasteiger partial charge in [0.1, 0.15) is 17.1 Å². The molecule has 7 N–H and O–H groups in total. The van der Waals surface area contributed by atoms with Crippen LogP contribution in [0.5, 0.6) is 5.75 Å². The zero-order valence-corrected chi connectivity index (χ0v) is 15.1. The number of amides is 1. The number of aliphatic hydroxyl groups is 4. The first-order valence-electron chi connectivity index (χ1n) is 8.74. The van der Waals surface area contributed by atoms with Crippen LogP contribution >= 0.6 is 0 Å². The molecule has 1 amide bonds. The Balaban J connectivity index is 2.01. The van der Waals surface area contributed by atoms with Crippen molar-refractivity contribution < 1.29 is 39.9 Å². The van der Waals surface area contributed by atoms with Crippen LogP contribution in [0.15, 0.2) is 51.8 Å². The maximum Gasteiger partial charge on any atom is 0.256 e. The maximum absolute atomic E-state index is 13.1. The average molecular weight is 399 g/mol. The Labute approximate surface area is 163 Å². The van der Waals surface area contributed by atoms with E-state index in [0.717, 1.165) is 0 Å². The molecular weight excluding hydrogens is 382 g/mol. The van der Waals surface area contributed by atoms with Crippen LogP contribution in [-0.2, 0) is 9.59 Å². The van der Waals surface area contributed by atoms with E-state index in [2.05, 4.69) is 0 Å². The summed E-state index contributed by atoms with van der Waals surface area (Å²) in [5.41, 5.74) is 2.83. The first-order valence-corrected chi connectivity index (χ1v) is 8.74. The number of hydrogen-bond donors (Lipinski definition) is 6. The summed E-state index contributed by atoms with van der Waals surface area (Å²) in [6, 6.07) is 4.33. The Hall–Kier alpha value is -3.27. The van der Waals surface area contributed by atoms with E-state index in [1.54, 1.807) is 13.0 Å². The van der Waals surface area contributed by atoms with E-state index in [4.69, 9.17) is 5.73 Å². The highest BCUT2D eigenvalue weighted by Crippen LogP contribution is 2.52. The molecule has 0 saturated carbocycles. The van der Waals surface area contributed by atoms with Gasteiger partial charge in [-0.3, -0.25) is 14.4 Å². The number of carbonyl (C=O) groups is 3. The highest BCUT2D eigenvalue weighted by Gasteiger charge is 2.55. The monoisotopic (exact) mass is 399 g/mol. The third-order valence-corrected chi connectivity index (χ3v) is 5.74. The van der Waals surface area contributed by atoms with Gasteiger partial charge in [0.05, 0.1) is 22.8 Å². The number of carbonyl (C=O) groups excluding carboxylic acids is 3. The van der Waals surface area contributed by atoms with Crippen molar-refractivity contribution in [3.05, 3.63) is 63.0 Å². The Bertz CT molecular complexity index is 1120. The maximum atomic E-state index is 13.1. The first kappa shape index (κ1) is 19.1. The lowest BCUT2D eigenvalue weighted by Gasteiger charge is -2.43. The number of phenolic OH excluding ortho intramolecular Hbond substituents is 1. The van der Waals surface area contributed by atoms with E-state index in [-0.39, 0.29) is 22.5 Å². The molecular formula is C20H17NO8. The number of aromatic hydroxyl groups is 1. The van der Waals surface area contributed by atoms with E-state index in [9.17, 15) is 39.9 Å². The van der Waals surface area contributed by atoms with E-state index in [0.29, 0.717) is 5.56 Å². The molecule has 0 fully saturated rings. The minimum Gasteiger partial charge on any atom is -0.507 e. The second kappa shape index (κ2) is 5.86. The van der Waals surface area contributed by atoms with Crippen molar-refractivity contribution in [1.29, 1.82) is 0 Å². The van der Waals surface area contributed by atoms with Crippen molar-refractivity contribution in [2.24, 2.45) is 5.73 Å². The van der Waals surface area contributed by atoms with Gasteiger partial charge in [0, 0.05) is 12.3 Å². The summed E-state index contributed by atoms with van der Waals surface area (Å²) in [6.45, 7) is 1.60. The van der Waals surface area contributed by atoms with Crippen molar-refractivity contribution in [2.75, 3.05) is 0 Å². The predicted octanol–water partition coefficient (Wildman–Crippen LogP) is -0.389. The molecule has 0 heterocycles. The number of hydrogen-bond acceptors (Lipinski definition) is 8. The van der Waals surface area contributed by atoms with Crippen LogP contribution in [0.1, 0.15) is 35.2 Å². The van der Waals surface area contributed by atoms with Gasteiger partial charge < -0.3 is 31.3 Å². The summed E-state index contributed by atoms with van der Waals surface area (Å²) < 4.78 is 0. The summed E-state index contributed by atoms with van der Waals surface area (Å²) >= 11 is 0. The van der Waals surface area contributed by atoms with E-state index in [1.807, 2.05) is 0 Å². The van der Waals surface area contributed by atoms with Gasteiger partial charge >= 0.3 is 0 Å². The highest BCUT2D eigenvalue weighted by molar-refractivity contribution is 6.22. The molecule has 0 saturated heterocycles. The van der Waals surface area contributed by atoms with Gasteiger partial charge in [-0.25, -0.2) is 0 Å². The summed E-state index contributed by atoms with van der Waals surface area (Å²) in [7, 11) is 0. The number of fused-ring (bicyclic) bond motifs is 1. The molecule has 1 unspecified atom stereocenters. The third-order valence-electron chi connectivity index (χ3n) is 5.74. The molecule has 1 aromatic rings. The second-order valence-corrected chi connectivity index (χ2v) is 7.29. The van der Waals surface area contributed by atoms with Crippen LogP contribution in [0.4, 0.5) is 0 Å². The number of phenols is 1. The van der Waals surface area contributed by atoms with Gasteiger partial charge in [-0.05, 0) is 22.8 Å². The van der Waals surface area contributed by atoms with Gasteiger partial charge in [0.25, 0.3) is 5.91 Å². The van der Waals surface area contributed by atoms with Crippen molar-refractivity contribution >= 4 is 17.5 Å². The molecule has 150 valence electrons. The van der Waals surface area contributed by atoms with Gasteiger partial charge in [-0.1, -0.05) is 19.1 Å². The summed E-state index contributed by atoms with van der Waals surface area (Å²) in [5, 5.41) is 53.3. The summed E-state index contributed by atoms with van der Waals surface area (Å²) in [4.78, 5) is 36.9. The second-order valence-electron chi connectivity index (χ2n) is 7.29. The third kappa shape index (κ3) is 2.29. The standard InChI is InChI=1S/C20H17NO8/c1-6-7-3-2-4-9(22)12(7)17(25)15-11(6)16(24)8-5-10(23)13(19(21)27)18(26)14(8)20(15,28)29/h2-4,6,16,22,24,26,28-29H,5H2,1H3,(H2,21,27)/t6-,16?/m1/s1. The largest absolute Gasteiger partial charge is 0.507 e. The molecule has 2 atom stereocenters. The predicted molar refractivity (Wildman–Crippen MR) is 96.6 cm³/mol. The molecule has 29 heavy (non-hydrogen) atoms. The van der Waals surface area contributed by atoms with E-state index < -0.39 is 64.2 Å². The summed E-state index contributed by atoms with van der Waals surface area (Å²) in [6.07, 6.45) is -2.19. The van der Waals surface area contributed by atoms with Crippen LogP contribution in [-0.4, -0.2) is 54.9 Å². The number of ketones is 2. The molecule has 3 aliphatic rings. The minimum absolute atomic E-state index is 0.0556. The Kier molecular flexibility index (Phi) is 3.86. The normalized spacial score (nSPS) is 25.7. The number of primary amides is 1. The van der Waals surface area contributed by atoms with Crippen molar-refractivity contribution in [1.82, 2.24) is 0 Å². The number of benzene rings is 1. The smallest absolute Gasteiger partial charge is 0.256 e. The topological polar surface area (TPSA) is 178 Å². The van der Waals surface area contributed by atoms with Crippen molar-refractivity contribution in [3.8, 4) is 5.75 Å². The molecule has 9 heteroatoms. The zero-order chi connectivity index (χ0) is 21.4. The number of aliphatic hydroxyl groups excluding tert-OH is 2. The molecule has 1 aromatic carbocycles. The molecule has 0 spiro atoms. The van der Waals surface area contributed by atoms with Crippen LogP contribution in [0.25, 0.3) is 0 Å². The van der Waals surface area contributed by atoms with Crippen LogP contribution < -0.4 is 5.73 Å². The molecule has 0 aliphatic heterocycles. The van der Waals surface area contributed by atoms with Gasteiger partial charge in [0.15, 0.2) is 11.6 Å². The van der Waals surface area contributed by atoms with E-state index in [1.165, 1.54) is 12.1 Å². The lowest BCUT2D eigenvalue weighted by atomic mass is 9.65. The fraction of sp³-hybridized carbons (Fsp3) is 0.250. The molecule has 0 aromatic heterocycles. The summed E-state index contributed by atoms with van der Waals surface area (Å²) in [5.74, 6) is -8.44. The first-order chi connectivity index (χ1) is 13.5. The zero-order valence-electron chi connectivity index (χ0n) is 15.1. The van der Waals surface area contributed by atoms with Gasteiger partial charge in [-0.15, -0.1) is 0 Å². The van der Waals surface area contributed by atoms with Crippen LogP contribution in [0, 0.1) is 0 Å². The number of nitrogens with two attached hydrogens (primary N) is 1. The number of Topliss-reactive ketones (excluding diaryl/α,β-unsaturated/α-hetero) is 2. The van der Waals surface area contributed by atoms with Crippen LogP contribution in [0.2, 0.25) is 0 Å². The van der Waals surface area contributed by atoms with Crippen molar-refractivity contribution in [2.45, 2.75) is 31.2 Å². The molecule has 3 aliphatic carbocycles. The van der Waals surface area contributed by atoms with E-state index >= 15 is 0 Å². The fourth-order valence-corrected chi connectivity index (χ4v) is 4.49. The quantitative estimate of drug-likeness (QED) is 0.273. The Morgan fingerprint density at radius 3 is 2.45 bits per heavy atom. The molecule has 9 nitrogen and oxygen atoms in total. The number of rotatable bonds is 1. The Morgan fingerprint density at radius 2 is 1.83 bits per heavy atom. The van der Waals surface area contributed by atoms with Gasteiger partial charge in [0.2, 0.25) is 5.79 Å². The molecule has 4 rings (SSSR count). The van der Waals surface area contributed by atoms with Crippen molar-refractivity contribution in [3.63, 3.8) is 0 Å². The highest BCUT2D eigenvalue weighted by atomic mass is 16.5.